The summed E-state index contributed by atoms with van der Waals surface area (Å²) in [7, 11) is 5.24. The van der Waals surface area contributed by atoms with Crippen LogP contribution in [0.2, 0.25) is 0 Å². The fourth-order valence-electron chi connectivity index (χ4n) is 3.41. The Kier molecular flexibility index (Phi) is 5.99. The SMILES string of the molecule is COc1ccc(CN(C)Cc2nnc(-c3c(-c4ccccc4)noc3C)o2)cc1OC. The maximum absolute atomic E-state index is 5.95. The molecule has 2 aromatic heterocycles. The van der Waals surface area contributed by atoms with Gasteiger partial charge in [-0.25, -0.2) is 0 Å². The molecule has 0 fully saturated rings. The minimum atomic E-state index is 0.395. The molecule has 0 aliphatic carbocycles. The van der Waals surface area contributed by atoms with Crippen LogP contribution in [0.5, 0.6) is 11.5 Å². The molecule has 0 saturated carbocycles. The number of aryl methyl sites for hydroxylation is 1. The van der Waals surface area contributed by atoms with Gasteiger partial charge in [0.2, 0.25) is 5.89 Å². The van der Waals surface area contributed by atoms with Crippen molar-refractivity contribution in [2.45, 2.75) is 20.0 Å². The van der Waals surface area contributed by atoms with Gasteiger partial charge in [0.05, 0.1) is 20.8 Å². The molecule has 160 valence electrons. The van der Waals surface area contributed by atoms with E-state index in [0.29, 0.717) is 53.4 Å². The highest BCUT2D eigenvalue weighted by Crippen LogP contribution is 2.33. The average Bonchev–Trinajstić information content (AvgIpc) is 3.40. The summed E-state index contributed by atoms with van der Waals surface area (Å²) in [5.74, 6) is 2.94. The Labute approximate surface area is 180 Å². The van der Waals surface area contributed by atoms with E-state index in [9.17, 15) is 0 Å². The van der Waals surface area contributed by atoms with Gasteiger partial charge in [-0.2, -0.15) is 0 Å². The van der Waals surface area contributed by atoms with Crippen molar-refractivity contribution in [1.29, 1.82) is 0 Å². The van der Waals surface area contributed by atoms with Crippen molar-refractivity contribution in [3.63, 3.8) is 0 Å². The normalized spacial score (nSPS) is 11.1. The van der Waals surface area contributed by atoms with E-state index in [1.807, 2.05) is 62.5 Å². The minimum Gasteiger partial charge on any atom is -0.493 e. The van der Waals surface area contributed by atoms with Crippen LogP contribution in [0.3, 0.4) is 0 Å². The van der Waals surface area contributed by atoms with E-state index in [-0.39, 0.29) is 0 Å². The molecule has 8 heteroatoms. The number of hydrogen-bond donors (Lipinski definition) is 0. The molecule has 0 radical (unpaired) electrons. The lowest BCUT2D eigenvalue weighted by molar-refractivity contribution is 0.282. The second-order valence-electron chi connectivity index (χ2n) is 7.19. The third kappa shape index (κ3) is 4.44. The number of methoxy groups -OCH3 is 2. The van der Waals surface area contributed by atoms with E-state index in [0.717, 1.165) is 11.1 Å². The van der Waals surface area contributed by atoms with Crippen LogP contribution in [0, 0.1) is 6.92 Å². The van der Waals surface area contributed by atoms with Crippen LogP contribution in [-0.2, 0) is 13.1 Å². The molecule has 0 aliphatic heterocycles. The van der Waals surface area contributed by atoms with Crippen LogP contribution in [0.1, 0.15) is 17.2 Å². The summed E-state index contributed by atoms with van der Waals surface area (Å²) < 4.78 is 22.0. The smallest absolute Gasteiger partial charge is 0.253 e. The Balaban J connectivity index is 1.50. The summed E-state index contributed by atoms with van der Waals surface area (Å²) in [5, 5.41) is 12.6. The largest absolute Gasteiger partial charge is 0.493 e. The van der Waals surface area contributed by atoms with Gasteiger partial charge < -0.3 is 18.4 Å². The second kappa shape index (κ2) is 9.01. The van der Waals surface area contributed by atoms with E-state index in [2.05, 4.69) is 20.3 Å². The quantitative estimate of drug-likeness (QED) is 0.416. The lowest BCUT2D eigenvalue weighted by Gasteiger charge is -2.16. The van der Waals surface area contributed by atoms with Crippen LogP contribution in [0.25, 0.3) is 22.7 Å². The number of hydrogen-bond acceptors (Lipinski definition) is 8. The Bertz CT molecular complexity index is 1150. The van der Waals surface area contributed by atoms with Crippen molar-refractivity contribution in [1.82, 2.24) is 20.3 Å². The van der Waals surface area contributed by atoms with Gasteiger partial charge in [0, 0.05) is 12.1 Å². The molecular weight excluding hydrogens is 396 g/mol. The number of aromatic nitrogens is 3. The zero-order chi connectivity index (χ0) is 21.8. The summed E-state index contributed by atoms with van der Waals surface area (Å²) >= 11 is 0. The Morgan fingerprint density at radius 1 is 0.935 bits per heavy atom. The van der Waals surface area contributed by atoms with E-state index < -0.39 is 0 Å². The molecule has 0 aliphatic rings. The predicted molar refractivity (Wildman–Crippen MR) is 115 cm³/mol. The zero-order valence-electron chi connectivity index (χ0n) is 18.0. The number of nitrogens with zero attached hydrogens (tertiary/aromatic N) is 4. The van der Waals surface area contributed by atoms with Crippen LogP contribution in [0.15, 0.2) is 57.5 Å². The molecule has 0 amide bonds. The highest BCUT2D eigenvalue weighted by molar-refractivity contribution is 5.77. The third-order valence-electron chi connectivity index (χ3n) is 4.90. The molecule has 8 nitrogen and oxygen atoms in total. The summed E-state index contributed by atoms with van der Waals surface area (Å²) in [6.07, 6.45) is 0. The summed E-state index contributed by atoms with van der Waals surface area (Å²) in [4.78, 5) is 2.08. The van der Waals surface area contributed by atoms with Gasteiger partial charge in [-0.3, -0.25) is 4.90 Å². The van der Waals surface area contributed by atoms with E-state index in [4.69, 9.17) is 18.4 Å². The van der Waals surface area contributed by atoms with Crippen LogP contribution in [0.4, 0.5) is 0 Å². The number of benzene rings is 2. The van der Waals surface area contributed by atoms with Crippen molar-refractivity contribution in [2.75, 3.05) is 21.3 Å². The first kappa shape index (κ1) is 20.6. The fraction of sp³-hybridized carbons (Fsp3) is 0.261. The minimum absolute atomic E-state index is 0.395. The Morgan fingerprint density at radius 2 is 1.71 bits per heavy atom. The average molecular weight is 420 g/mol. The maximum Gasteiger partial charge on any atom is 0.253 e. The van der Waals surface area contributed by atoms with Crippen molar-refractivity contribution in [3.8, 4) is 34.2 Å². The van der Waals surface area contributed by atoms with Gasteiger partial charge in [0.25, 0.3) is 5.89 Å². The molecule has 2 heterocycles. The topological polar surface area (TPSA) is 86.7 Å². The van der Waals surface area contributed by atoms with Crippen molar-refractivity contribution in [3.05, 3.63) is 65.7 Å². The van der Waals surface area contributed by atoms with Gasteiger partial charge in [-0.1, -0.05) is 41.6 Å². The molecule has 4 rings (SSSR count). The number of ether oxygens (including phenoxy) is 2. The predicted octanol–water partition coefficient (Wildman–Crippen LogP) is 4.35. The third-order valence-corrected chi connectivity index (χ3v) is 4.90. The molecule has 0 saturated heterocycles. The van der Waals surface area contributed by atoms with E-state index in [1.54, 1.807) is 14.2 Å². The fourth-order valence-corrected chi connectivity index (χ4v) is 3.41. The lowest BCUT2D eigenvalue weighted by Crippen LogP contribution is -2.17. The van der Waals surface area contributed by atoms with Gasteiger partial charge in [0.15, 0.2) is 11.5 Å². The molecule has 4 aromatic rings. The van der Waals surface area contributed by atoms with E-state index in [1.165, 1.54) is 0 Å². The molecule has 2 aromatic carbocycles. The second-order valence-corrected chi connectivity index (χ2v) is 7.19. The van der Waals surface area contributed by atoms with Crippen LogP contribution in [-0.4, -0.2) is 41.5 Å². The maximum atomic E-state index is 5.95. The first-order chi connectivity index (χ1) is 15.1. The first-order valence-electron chi connectivity index (χ1n) is 9.83. The van der Waals surface area contributed by atoms with Gasteiger partial charge in [-0.15, -0.1) is 10.2 Å². The van der Waals surface area contributed by atoms with Gasteiger partial charge >= 0.3 is 0 Å². The van der Waals surface area contributed by atoms with Crippen LogP contribution >= 0.6 is 0 Å². The molecule has 31 heavy (non-hydrogen) atoms. The molecule has 0 unspecified atom stereocenters. The number of rotatable bonds is 8. The molecule has 0 atom stereocenters. The first-order valence-corrected chi connectivity index (χ1v) is 9.83. The standard InChI is InChI=1S/C23H24N4O4/c1-15-21(22(26-31-15)17-8-6-5-7-9-17)23-25-24-20(30-23)14-27(2)13-16-10-11-18(28-3)19(12-16)29-4/h5-12H,13-14H2,1-4H3. The van der Waals surface area contributed by atoms with E-state index >= 15 is 0 Å². The molecule has 0 spiro atoms. The molecule has 0 bridgehead atoms. The molecular formula is C23H24N4O4. The van der Waals surface area contributed by atoms with Gasteiger partial charge in [0.1, 0.15) is 17.0 Å². The van der Waals surface area contributed by atoms with Crippen molar-refractivity contribution < 1.29 is 18.4 Å². The summed E-state index contributed by atoms with van der Waals surface area (Å²) in [5.41, 5.74) is 3.42. The highest BCUT2D eigenvalue weighted by atomic mass is 16.5. The van der Waals surface area contributed by atoms with Crippen molar-refractivity contribution >= 4 is 0 Å². The van der Waals surface area contributed by atoms with Crippen molar-refractivity contribution in [2.24, 2.45) is 0 Å². The Morgan fingerprint density at radius 3 is 2.45 bits per heavy atom. The van der Waals surface area contributed by atoms with Gasteiger partial charge in [-0.05, 0) is 31.7 Å². The summed E-state index contributed by atoms with van der Waals surface area (Å²) in [6, 6.07) is 15.6. The summed E-state index contributed by atoms with van der Waals surface area (Å²) in [6.45, 7) is 3.01. The monoisotopic (exact) mass is 420 g/mol. The zero-order valence-corrected chi connectivity index (χ0v) is 18.0. The van der Waals surface area contributed by atoms with Crippen LogP contribution < -0.4 is 9.47 Å². The highest BCUT2D eigenvalue weighted by Gasteiger charge is 2.22. The lowest BCUT2D eigenvalue weighted by atomic mass is 10.1. The molecule has 0 N–H and O–H groups in total. The Hall–Kier alpha value is -3.65.